The molecule has 60 valence electrons. The van der Waals surface area contributed by atoms with Crippen LogP contribution < -0.4 is 0 Å². The van der Waals surface area contributed by atoms with Crippen molar-refractivity contribution in [3.8, 4) is 0 Å². The summed E-state index contributed by atoms with van der Waals surface area (Å²) in [6.07, 6.45) is 0. The van der Waals surface area contributed by atoms with Crippen molar-refractivity contribution in [1.82, 2.24) is 0 Å². The molecule has 0 amide bonds. The standard InChI is InChI=1S/C7H5ClF2O/c8-5-1-4(3-11)7(10)6(9)2-5/h1-2,11H,3H2. The summed E-state index contributed by atoms with van der Waals surface area (Å²) in [5.74, 6) is -2.08. The van der Waals surface area contributed by atoms with E-state index in [2.05, 4.69) is 0 Å². The molecule has 0 radical (unpaired) electrons. The third-order valence-electron chi connectivity index (χ3n) is 1.24. The number of benzene rings is 1. The van der Waals surface area contributed by atoms with Crippen LogP contribution in [0.25, 0.3) is 0 Å². The van der Waals surface area contributed by atoms with Gasteiger partial charge >= 0.3 is 0 Å². The number of hydrogen-bond acceptors (Lipinski definition) is 1. The average molecular weight is 179 g/mol. The first kappa shape index (κ1) is 8.43. The molecule has 0 atom stereocenters. The first-order valence-electron chi connectivity index (χ1n) is 2.89. The Morgan fingerprint density at radius 1 is 1.36 bits per heavy atom. The second-order valence-corrected chi connectivity index (χ2v) is 2.46. The van der Waals surface area contributed by atoms with E-state index in [-0.39, 0.29) is 10.6 Å². The van der Waals surface area contributed by atoms with Crippen LogP contribution >= 0.6 is 11.6 Å². The van der Waals surface area contributed by atoms with Gasteiger partial charge in [-0.05, 0) is 12.1 Å². The maximum absolute atomic E-state index is 12.6. The molecule has 4 heteroatoms. The van der Waals surface area contributed by atoms with E-state index < -0.39 is 18.2 Å². The van der Waals surface area contributed by atoms with Gasteiger partial charge in [-0.25, -0.2) is 8.78 Å². The van der Waals surface area contributed by atoms with Crippen LogP contribution in [-0.4, -0.2) is 5.11 Å². The Hall–Kier alpha value is -0.670. The molecular weight excluding hydrogens is 174 g/mol. The molecule has 1 N–H and O–H groups in total. The van der Waals surface area contributed by atoms with E-state index in [1.54, 1.807) is 0 Å². The Kier molecular flexibility index (Phi) is 2.42. The second kappa shape index (κ2) is 3.15. The number of hydrogen-bond donors (Lipinski definition) is 1. The fourth-order valence-electron chi connectivity index (χ4n) is 0.724. The van der Waals surface area contributed by atoms with Crippen molar-refractivity contribution in [1.29, 1.82) is 0 Å². The molecule has 0 heterocycles. The fourth-order valence-corrected chi connectivity index (χ4v) is 0.952. The number of rotatable bonds is 1. The van der Waals surface area contributed by atoms with Crippen molar-refractivity contribution in [2.24, 2.45) is 0 Å². The van der Waals surface area contributed by atoms with Crippen LogP contribution in [0.15, 0.2) is 12.1 Å². The fraction of sp³-hybridized carbons (Fsp3) is 0.143. The van der Waals surface area contributed by atoms with Gasteiger partial charge in [0.1, 0.15) is 0 Å². The molecule has 11 heavy (non-hydrogen) atoms. The first-order valence-corrected chi connectivity index (χ1v) is 3.27. The molecule has 0 spiro atoms. The zero-order valence-corrected chi connectivity index (χ0v) is 6.20. The zero-order chi connectivity index (χ0) is 8.43. The Bertz CT molecular complexity index is 275. The van der Waals surface area contributed by atoms with Gasteiger partial charge in [-0.15, -0.1) is 0 Å². The van der Waals surface area contributed by atoms with E-state index in [1.807, 2.05) is 0 Å². The highest BCUT2D eigenvalue weighted by Gasteiger charge is 2.08. The van der Waals surface area contributed by atoms with E-state index >= 15 is 0 Å². The SMILES string of the molecule is OCc1cc(Cl)cc(F)c1F. The predicted molar refractivity (Wildman–Crippen MR) is 37.3 cm³/mol. The molecule has 1 nitrogen and oxygen atoms in total. The quantitative estimate of drug-likeness (QED) is 0.653. The lowest BCUT2D eigenvalue weighted by Crippen LogP contribution is -1.93. The molecule has 0 fully saturated rings. The van der Waals surface area contributed by atoms with E-state index in [9.17, 15) is 8.78 Å². The maximum Gasteiger partial charge on any atom is 0.164 e. The summed E-state index contributed by atoms with van der Waals surface area (Å²) in [6, 6.07) is 2.04. The maximum atomic E-state index is 12.6. The average Bonchev–Trinajstić information content (AvgIpc) is 1.96. The van der Waals surface area contributed by atoms with E-state index in [1.165, 1.54) is 6.07 Å². The Morgan fingerprint density at radius 2 is 2.00 bits per heavy atom. The van der Waals surface area contributed by atoms with Crippen LogP contribution in [0.4, 0.5) is 8.78 Å². The van der Waals surface area contributed by atoms with Crippen LogP contribution in [-0.2, 0) is 6.61 Å². The summed E-state index contributed by atoms with van der Waals surface area (Å²) in [4.78, 5) is 0. The van der Waals surface area contributed by atoms with E-state index in [0.29, 0.717) is 0 Å². The molecule has 0 aliphatic heterocycles. The van der Waals surface area contributed by atoms with Gasteiger partial charge in [0, 0.05) is 10.6 Å². The van der Waals surface area contributed by atoms with Gasteiger partial charge in [0.25, 0.3) is 0 Å². The molecule has 0 unspecified atom stereocenters. The largest absolute Gasteiger partial charge is 0.392 e. The van der Waals surface area contributed by atoms with Crippen LogP contribution in [0.5, 0.6) is 0 Å². The third kappa shape index (κ3) is 1.67. The monoisotopic (exact) mass is 178 g/mol. The third-order valence-corrected chi connectivity index (χ3v) is 1.46. The molecule has 1 aromatic carbocycles. The van der Waals surface area contributed by atoms with Crippen molar-refractivity contribution in [2.75, 3.05) is 0 Å². The summed E-state index contributed by atoms with van der Waals surface area (Å²) < 4.78 is 25.0. The second-order valence-electron chi connectivity index (χ2n) is 2.02. The summed E-state index contributed by atoms with van der Waals surface area (Å²) in [5, 5.41) is 8.58. The number of aliphatic hydroxyl groups is 1. The van der Waals surface area contributed by atoms with Crippen LogP contribution in [0.2, 0.25) is 5.02 Å². The molecule has 0 saturated heterocycles. The van der Waals surface area contributed by atoms with Crippen LogP contribution in [0.1, 0.15) is 5.56 Å². The normalized spacial score (nSPS) is 10.2. The molecule has 0 aliphatic carbocycles. The minimum absolute atomic E-state index is 0.0768. The highest BCUT2D eigenvalue weighted by atomic mass is 35.5. The summed E-state index contributed by atoms with van der Waals surface area (Å²) >= 11 is 5.38. The Labute approximate surface area is 67.2 Å². The van der Waals surface area contributed by atoms with Gasteiger partial charge in [-0.2, -0.15) is 0 Å². The number of halogens is 3. The first-order chi connectivity index (χ1) is 5.15. The number of aliphatic hydroxyl groups excluding tert-OH is 1. The van der Waals surface area contributed by atoms with Gasteiger partial charge < -0.3 is 5.11 Å². The highest BCUT2D eigenvalue weighted by Crippen LogP contribution is 2.18. The zero-order valence-electron chi connectivity index (χ0n) is 5.44. The topological polar surface area (TPSA) is 20.2 Å². The van der Waals surface area contributed by atoms with Gasteiger partial charge in [0.05, 0.1) is 6.61 Å². The molecule has 1 aromatic rings. The van der Waals surface area contributed by atoms with Gasteiger partial charge in [0.15, 0.2) is 11.6 Å². The van der Waals surface area contributed by atoms with Gasteiger partial charge in [-0.1, -0.05) is 11.6 Å². The molecule has 0 bridgehead atoms. The van der Waals surface area contributed by atoms with Crippen molar-refractivity contribution in [3.63, 3.8) is 0 Å². The summed E-state index contributed by atoms with van der Waals surface area (Å²) in [7, 11) is 0. The van der Waals surface area contributed by atoms with Gasteiger partial charge in [-0.3, -0.25) is 0 Å². The highest BCUT2D eigenvalue weighted by molar-refractivity contribution is 6.30. The smallest absolute Gasteiger partial charge is 0.164 e. The molecular formula is C7H5ClF2O. The van der Waals surface area contributed by atoms with Crippen molar-refractivity contribution >= 4 is 11.6 Å². The van der Waals surface area contributed by atoms with Crippen LogP contribution in [0.3, 0.4) is 0 Å². The molecule has 0 aromatic heterocycles. The van der Waals surface area contributed by atoms with E-state index in [0.717, 1.165) is 6.07 Å². The lowest BCUT2D eigenvalue weighted by molar-refractivity contribution is 0.273. The van der Waals surface area contributed by atoms with Crippen molar-refractivity contribution < 1.29 is 13.9 Å². The lowest BCUT2D eigenvalue weighted by atomic mass is 10.2. The van der Waals surface area contributed by atoms with Crippen LogP contribution in [0, 0.1) is 11.6 Å². The summed E-state index contributed by atoms with van der Waals surface area (Å²) in [5.41, 5.74) is -0.130. The van der Waals surface area contributed by atoms with Crippen molar-refractivity contribution in [2.45, 2.75) is 6.61 Å². The lowest BCUT2D eigenvalue weighted by Gasteiger charge is -1.99. The summed E-state index contributed by atoms with van der Waals surface area (Å²) in [6.45, 7) is -0.552. The Morgan fingerprint density at radius 3 is 2.55 bits per heavy atom. The van der Waals surface area contributed by atoms with Crippen molar-refractivity contribution in [3.05, 3.63) is 34.4 Å². The molecule has 0 saturated carbocycles. The van der Waals surface area contributed by atoms with E-state index in [4.69, 9.17) is 16.7 Å². The van der Waals surface area contributed by atoms with Gasteiger partial charge in [0.2, 0.25) is 0 Å². The molecule has 1 rings (SSSR count). The predicted octanol–water partition coefficient (Wildman–Crippen LogP) is 2.11. The Balaban J connectivity index is 3.24. The minimum Gasteiger partial charge on any atom is -0.392 e. The minimum atomic E-state index is -1.04. The molecule has 0 aliphatic rings.